The number of fused-ring (bicyclic) bond motifs is 9. The molecule has 0 atom stereocenters. The Morgan fingerprint density at radius 3 is 1.74 bits per heavy atom. The van der Waals surface area contributed by atoms with Crippen molar-refractivity contribution in [2.24, 2.45) is 0 Å². The van der Waals surface area contributed by atoms with Crippen molar-refractivity contribution in [1.82, 2.24) is 0 Å². The van der Waals surface area contributed by atoms with Crippen molar-refractivity contribution in [1.29, 1.82) is 0 Å². The van der Waals surface area contributed by atoms with Crippen LogP contribution in [0.3, 0.4) is 0 Å². The number of benzene rings is 8. The summed E-state index contributed by atoms with van der Waals surface area (Å²) in [5, 5.41) is 3.57. The van der Waals surface area contributed by atoms with E-state index in [0.29, 0.717) is 16.7 Å². The fourth-order valence-corrected chi connectivity index (χ4v) is 8.44. The Bertz CT molecular complexity index is 3340. The molecule has 0 bridgehead atoms. The minimum absolute atomic E-state index is 0.142. The fourth-order valence-electron chi connectivity index (χ4n) is 8.44. The van der Waals surface area contributed by atoms with Gasteiger partial charge in [0.2, 0.25) is 0 Å². The van der Waals surface area contributed by atoms with Gasteiger partial charge in [0.25, 0.3) is 0 Å². The average molecular weight is 699 g/mol. The summed E-state index contributed by atoms with van der Waals surface area (Å²) in [5.41, 5.74) is 13.7. The van der Waals surface area contributed by atoms with Crippen LogP contribution < -0.4 is 4.90 Å². The Kier molecular flexibility index (Phi) is 5.58. The van der Waals surface area contributed by atoms with Crippen LogP contribution in [0.5, 0.6) is 0 Å². The highest BCUT2D eigenvalue weighted by Crippen LogP contribution is 2.51. The number of furan rings is 2. The highest BCUT2D eigenvalue weighted by Gasteiger charge is 2.35. The van der Waals surface area contributed by atoms with E-state index in [1.807, 2.05) is 24.3 Å². The Hall–Kier alpha value is -6.84. The van der Waals surface area contributed by atoms with Crippen LogP contribution in [0.25, 0.3) is 77.3 Å². The van der Waals surface area contributed by atoms with Crippen LogP contribution in [0.2, 0.25) is 0 Å². The van der Waals surface area contributed by atoms with Gasteiger partial charge in [0.1, 0.15) is 22.3 Å². The van der Waals surface area contributed by atoms with E-state index < -0.39 is 6.04 Å². The zero-order chi connectivity index (χ0) is 40.3. The maximum Gasteiger partial charge on any atom is 0.137 e. The van der Waals surface area contributed by atoms with Gasteiger partial charge in [-0.15, -0.1) is 0 Å². The second kappa shape index (κ2) is 11.6. The molecule has 0 saturated heterocycles. The molecular weight excluding hydrogens is 659 g/mol. The molecule has 0 saturated carbocycles. The number of rotatable bonds is 5. The maximum absolute atomic E-state index is 8.47. The van der Waals surface area contributed by atoms with Gasteiger partial charge < -0.3 is 13.7 Å². The van der Waals surface area contributed by atoms with Gasteiger partial charge in [0.05, 0.1) is 6.85 Å². The van der Waals surface area contributed by atoms with E-state index in [0.717, 1.165) is 55.3 Å². The smallest absolute Gasteiger partial charge is 0.137 e. The first-order chi connectivity index (χ1) is 28.6. The van der Waals surface area contributed by atoms with E-state index in [-0.39, 0.29) is 35.1 Å². The first kappa shape index (κ1) is 26.0. The minimum Gasteiger partial charge on any atom is -0.456 e. The molecule has 0 unspecified atom stereocenters. The zero-order valence-electron chi connectivity index (χ0n) is 34.6. The predicted octanol–water partition coefficient (Wildman–Crippen LogP) is 14.6. The lowest BCUT2D eigenvalue weighted by atomic mass is 9.82. The molecule has 2 aromatic heterocycles. The largest absolute Gasteiger partial charge is 0.456 e. The van der Waals surface area contributed by atoms with Crippen LogP contribution in [0.15, 0.2) is 185 Å². The summed E-state index contributed by atoms with van der Waals surface area (Å²) in [5.74, 6) is 0. The van der Waals surface area contributed by atoms with E-state index in [1.165, 1.54) is 27.8 Å². The lowest BCUT2D eigenvalue weighted by Crippen LogP contribution is -2.16. The summed E-state index contributed by atoms with van der Waals surface area (Å²) in [6, 6.07) is 48.8. The summed E-state index contributed by atoms with van der Waals surface area (Å²) in [7, 11) is 0. The van der Waals surface area contributed by atoms with Crippen molar-refractivity contribution in [2.75, 3.05) is 4.90 Å². The summed E-state index contributed by atoms with van der Waals surface area (Å²) in [4.78, 5) is 2.30. The number of hydrogen-bond donors (Lipinski definition) is 0. The van der Waals surface area contributed by atoms with Crippen LogP contribution in [0.4, 0.5) is 17.1 Å². The quantitative estimate of drug-likeness (QED) is 0.179. The Balaban J connectivity index is 1.03. The monoisotopic (exact) mass is 698 g/mol. The highest BCUT2D eigenvalue weighted by atomic mass is 16.3. The topological polar surface area (TPSA) is 29.5 Å². The summed E-state index contributed by atoms with van der Waals surface area (Å²) >= 11 is 0. The molecule has 0 N–H and O–H groups in total. The normalized spacial score (nSPS) is 14.4. The van der Waals surface area contributed by atoms with Gasteiger partial charge in [0.15, 0.2) is 0 Å². The molecule has 3 heteroatoms. The summed E-state index contributed by atoms with van der Waals surface area (Å²) in [6.07, 6.45) is 0. The van der Waals surface area contributed by atoms with Gasteiger partial charge in [-0.1, -0.05) is 123 Å². The molecule has 0 spiro atoms. The SMILES string of the molecule is [2H]c1c([2H])c([2H])c(-c2ccc3c(c2)oc2cc4c(cc23)oc2cc(N(c3ccc(-c5ccccc5)cc3)c3ccc5c(c3)C(C)(C)c3ccccc3-5)ccc24)c([2H])c1[2H]. The molecule has 2 heterocycles. The van der Waals surface area contributed by atoms with Crippen LogP contribution in [0, 0.1) is 0 Å². The van der Waals surface area contributed by atoms with Gasteiger partial charge >= 0.3 is 0 Å². The predicted molar refractivity (Wildman–Crippen MR) is 224 cm³/mol. The van der Waals surface area contributed by atoms with Crippen LogP contribution >= 0.6 is 0 Å². The Morgan fingerprint density at radius 2 is 0.981 bits per heavy atom. The van der Waals surface area contributed by atoms with Gasteiger partial charge in [-0.25, -0.2) is 0 Å². The minimum atomic E-state index is -0.417. The van der Waals surface area contributed by atoms with E-state index >= 15 is 0 Å². The molecule has 0 radical (unpaired) electrons. The number of hydrogen-bond acceptors (Lipinski definition) is 3. The Morgan fingerprint density at radius 1 is 0.426 bits per heavy atom. The van der Waals surface area contributed by atoms with Gasteiger partial charge in [-0.2, -0.15) is 0 Å². The maximum atomic E-state index is 8.47. The third kappa shape index (κ3) is 4.68. The molecule has 0 fully saturated rings. The van der Waals surface area contributed by atoms with Crippen molar-refractivity contribution in [3.8, 4) is 33.4 Å². The Labute approximate surface area is 320 Å². The molecular formula is C51H35NO2. The molecule has 1 aliphatic rings. The molecule has 1 aliphatic carbocycles. The lowest BCUT2D eigenvalue weighted by Gasteiger charge is -2.28. The fraction of sp³-hybridized carbons (Fsp3) is 0.0588. The second-order valence-electron chi connectivity index (χ2n) is 14.6. The first-order valence-electron chi connectivity index (χ1n) is 20.7. The highest BCUT2D eigenvalue weighted by molar-refractivity contribution is 6.15. The van der Waals surface area contributed by atoms with Crippen molar-refractivity contribution in [2.45, 2.75) is 19.3 Å². The standard InChI is InChI=1S/C51H35NO2/c1-51(2)45-16-10-9-15-39(45)40-25-22-37(28-46(40)51)52(36-20-17-34(18-21-36)32-11-5-3-6-12-32)38-23-26-42-44-31-49-43(30-50(44)54-48(42)29-38)41-24-19-35(27-47(41)53-49)33-13-7-4-8-14-33/h3-31H,1-2H3/i4D,7D,8D,13D,14D. The van der Waals surface area contributed by atoms with Crippen molar-refractivity contribution in [3.05, 3.63) is 187 Å². The van der Waals surface area contributed by atoms with E-state index in [1.54, 1.807) is 12.1 Å². The molecule has 10 aromatic rings. The van der Waals surface area contributed by atoms with Crippen molar-refractivity contribution < 1.29 is 15.7 Å². The van der Waals surface area contributed by atoms with E-state index in [4.69, 9.17) is 15.7 Å². The molecule has 11 rings (SSSR count). The molecule has 256 valence electrons. The average Bonchev–Trinajstić information content (AvgIpc) is 3.88. The van der Waals surface area contributed by atoms with Gasteiger partial charge in [-0.3, -0.25) is 0 Å². The molecule has 0 aliphatic heterocycles. The molecule has 3 nitrogen and oxygen atoms in total. The summed E-state index contributed by atoms with van der Waals surface area (Å²) < 4.78 is 54.3. The van der Waals surface area contributed by atoms with Crippen LogP contribution in [-0.4, -0.2) is 0 Å². The van der Waals surface area contributed by atoms with E-state index in [2.05, 4.69) is 128 Å². The number of nitrogens with zero attached hydrogens (tertiary/aromatic N) is 1. The second-order valence-corrected chi connectivity index (χ2v) is 14.6. The lowest BCUT2D eigenvalue weighted by molar-refractivity contribution is 0.660. The molecule has 0 amide bonds. The third-order valence-electron chi connectivity index (χ3n) is 11.2. The van der Waals surface area contributed by atoms with Gasteiger partial charge in [0, 0.05) is 50.1 Å². The first-order valence-corrected chi connectivity index (χ1v) is 18.2. The third-order valence-corrected chi connectivity index (χ3v) is 11.2. The van der Waals surface area contributed by atoms with Gasteiger partial charge in [-0.05, 0) is 105 Å². The van der Waals surface area contributed by atoms with Crippen molar-refractivity contribution in [3.63, 3.8) is 0 Å². The van der Waals surface area contributed by atoms with Crippen LogP contribution in [0.1, 0.15) is 31.8 Å². The zero-order valence-corrected chi connectivity index (χ0v) is 29.6. The summed E-state index contributed by atoms with van der Waals surface area (Å²) in [6.45, 7) is 4.61. The number of anilines is 3. The van der Waals surface area contributed by atoms with E-state index in [9.17, 15) is 0 Å². The molecule has 54 heavy (non-hydrogen) atoms. The van der Waals surface area contributed by atoms with Crippen molar-refractivity contribution >= 4 is 60.9 Å². The van der Waals surface area contributed by atoms with Crippen LogP contribution in [-0.2, 0) is 5.41 Å². The molecule has 8 aromatic carbocycles.